The fourth-order valence-electron chi connectivity index (χ4n) is 3.20. The third kappa shape index (κ3) is 3.43. The fourth-order valence-corrected chi connectivity index (χ4v) is 3.75. The molecule has 1 atom stereocenters. The number of hydrogen-bond acceptors (Lipinski definition) is 7. The van der Waals surface area contributed by atoms with Crippen molar-refractivity contribution in [1.82, 2.24) is 24.0 Å². The molecule has 4 rings (SSSR count). The summed E-state index contributed by atoms with van der Waals surface area (Å²) in [4.78, 5) is 23.1. The Morgan fingerprint density at radius 2 is 2.23 bits per heavy atom. The lowest BCUT2D eigenvalue weighted by atomic mass is 10.1. The van der Waals surface area contributed by atoms with Crippen molar-refractivity contribution in [3.8, 4) is 0 Å². The summed E-state index contributed by atoms with van der Waals surface area (Å²) in [6.07, 6.45) is 7.02. The highest BCUT2D eigenvalue weighted by Gasteiger charge is 2.23. The lowest BCUT2D eigenvalue weighted by molar-refractivity contribution is 0.246. The van der Waals surface area contributed by atoms with Crippen molar-refractivity contribution in [1.29, 1.82) is 0 Å². The minimum atomic E-state index is -0.223. The van der Waals surface area contributed by atoms with Gasteiger partial charge in [0.15, 0.2) is 0 Å². The second-order valence-electron chi connectivity index (χ2n) is 6.34. The van der Waals surface area contributed by atoms with Gasteiger partial charge in [0.1, 0.15) is 16.9 Å². The SMILES string of the molecule is Cc1ccc2nsnc2c1NC(=O)N[C@@H]1CCCN(c2cnccn2)C1. The number of urea groups is 1. The van der Waals surface area contributed by atoms with Crippen molar-refractivity contribution in [2.75, 3.05) is 23.3 Å². The van der Waals surface area contributed by atoms with Gasteiger partial charge >= 0.3 is 6.03 Å². The van der Waals surface area contributed by atoms with Crippen LogP contribution in [-0.4, -0.2) is 43.9 Å². The summed E-state index contributed by atoms with van der Waals surface area (Å²) in [5.74, 6) is 0.841. The topological polar surface area (TPSA) is 95.9 Å². The van der Waals surface area contributed by atoms with E-state index in [9.17, 15) is 4.79 Å². The molecular weight excluding hydrogens is 350 g/mol. The van der Waals surface area contributed by atoms with Crippen molar-refractivity contribution >= 4 is 40.3 Å². The zero-order valence-corrected chi connectivity index (χ0v) is 15.2. The number of fused-ring (bicyclic) bond motifs is 1. The molecule has 0 spiro atoms. The van der Waals surface area contributed by atoms with Crippen LogP contribution in [0.25, 0.3) is 11.0 Å². The van der Waals surface area contributed by atoms with Gasteiger partial charge in [-0.05, 0) is 31.4 Å². The molecule has 134 valence electrons. The van der Waals surface area contributed by atoms with E-state index in [-0.39, 0.29) is 12.1 Å². The third-order valence-electron chi connectivity index (χ3n) is 4.50. The van der Waals surface area contributed by atoms with Crippen LogP contribution in [0.5, 0.6) is 0 Å². The number of hydrogen-bond donors (Lipinski definition) is 2. The Bertz CT molecular complexity index is 914. The smallest absolute Gasteiger partial charge is 0.319 e. The van der Waals surface area contributed by atoms with Gasteiger partial charge < -0.3 is 15.5 Å². The van der Waals surface area contributed by atoms with Gasteiger partial charge in [0.25, 0.3) is 0 Å². The number of aryl methyl sites for hydroxylation is 1. The van der Waals surface area contributed by atoms with Crippen molar-refractivity contribution in [2.24, 2.45) is 0 Å². The van der Waals surface area contributed by atoms with E-state index >= 15 is 0 Å². The summed E-state index contributed by atoms with van der Waals surface area (Å²) in [5.41, 5.74) is 3.21. The normalized spacial score (nSPS) is 17.3. The summed E-state index contributed by atoms with van der Waals surface area (Å²) in [6, 6.07) is 3.69. The molecule has 1 saturated heterocycles. The zero-order valence-electron chi connectivity index (χ0n) is 14.3. The molecule has 9 heteroatoms. The van der Waals surface area contributed by atoms with Crippen LogP contribution < -0.4 is 15.5 Å². The molecule has 0 unspecified atom stereocenters. The molecule has 0 saturated carbocycles. The predicted molar refractivity (Wildman–Crippen MR) is 102 cm³/mol. The van der Waals surface area contributed by atoms with Gasteiger partial charge in [-0.25, -0.2) is 9.78 Å². The first-order valence-corrected chi connectivity index (χ1v) is 9.24. The number of nitrogens with one attached hydrogen (secondary N) is 2. The number of rotatable bonds is 3. The predicted octanol–water partition coefficient (Wildman–Crippen LogP) is 2.58. The Morgan fingerprint density at radius 3 is 3.08 bits per heavy atom. The molecule has 3 heterocycles. The molecule has 0 aliphatic carbocycles. The second kappa shape index (κ2) is 7.20. The van der Waals surface area contributed by atoms with E-state index in [4.69, 9.17) is 0 Å². The van der Waals surface area contributed by atoms with Gasteiger partial charge in [-0.3, -0.25) is 4.98 Å². The van der Waals surface area contributed by atoms with Crippen LogP contribution >= 0.6 is 11.7 Å². The maximum Gasteiger partial charge on any atom is 0.319 e. The zero-order chi connectivity index (χ0) is 17.9. The number of carbonyl (C=O) groups excluding carboxylic acids is 1. The van der Waals surface area contributed by atoms with Gasteiger partial charge in [-0.15, -0.1) is 0 Å². The number of anilines is 2. The van der Waals surface area contributed by atoms with Crippen molar-refractivity contribution in [3.63, 3.8) is 0 Å². The second-order valence-corrected chi connectivity index (χ2v) is 6.87. The summed E-state index contributed by atoms with van der Waals surface area (Å²) in [6.45, 7) is 3.58. The molecule has 0 bridgehead atoms. The first-order valence-electron chi connectivity index (χ1n) is 8.51. The van der Waals surface area contributed by atoms with Crippen LogP contribution in [0.15, 0.2) is 30.7 Å². The lowest BCUT2D eigenvalue weighted by Gasteiger charge is -2.33. The number of benzene rings is 1. The van der Waals surface area contributed by atoms with Crippen LogP contribution in [0.2, 0.25) is 0 Å². The molecule has 1 aromatic carbocycles. The highest BCUT2D eigenvalue weighted by atomic mass is 32.1. The molecule has 26 heavy (non-hydrogen) atoms. The summed E-state index contributed by atoms with van der Waals surface area (Å²) in [7, 11) is 0. The average Bonchev–Trinajstić information content (AvgIpc) is 3.14. The van der Waals surface area contributed by atoms with Gasteiger partial charge in [0.05, 0.1) is 23.6 Å². The Labute approximate surface area is 155 Å². The molecule has 2 N–H and O–H groups in total. The van der Waals surface area contributed by atoms with E-state index in [2.05, 4.69) is 34.2 Å². The molecule has 1 aliphatic rings. The first kappa shape index (κ1) is 16.6. The third-order valence-corrected chi connectivity index (χ3v) is 5.05. The number of carbonyl (C=O) groups is 1. The Kier molecular flexibility index (Phi) is 4.61. The van der Waals surface area contributed by atoms with E-state index in [1.807, 2.05) is 19.1 Å². The van der Waals surface area contributed by atoms with Crippen molar-refractivity contribution in [2.45, 2.75) is 25.8 Å². The standard InChI is InChI=1S/C17H19N7OS/c1-11-4-5-13-16(23-26-22-13)15(11)21-17(25)20-12-3-2-8-24(10-12)14-9-18-6-7-19-14/h4-7,9,12H,2-3,8,10H2,1H3,(H2,20,21,25)/t12-/m1/s1. The minimum absolute atomic E-state index is 0.0545. The molecule has 2 aromatic heterocycles. The van der Waals surface area contributed by atoms with Crippen molar-refractivity contribution < 1.29 is 4.79 Å². The van der Waals surface area contributed by atoms with Crippen LogP contribution in [0.3, 0.4) is 0 Å². The van der Waals surface area contributed by atoms with Crippen LogP contribution in [-0.2, 0) is 0 Å². The Hall–Kier alpha value is -2.81. The lowest BCUT2D eigenvalue weighted by Crippen LogP contribution is -2.49. The molecular formula is C17H19N7OS. The number of piperidine rings is 1. The quantitative estimate of drug-likeness (QED) is 0.737. The van der Waals surface area contributed by atoms with Gasteiger partial charge in [-0.2, -0.15) is 8.75 Å². The van der Waals surface area contributed by atoms with Crippen LogP contribution in [0.4, 0.5) is 16.3 Å². The Morgan fingerprint density at radius 1 is 1.31 bits per heavy atom. The van der Waals surface area contributed by atoms with Gasteiger partial charge in [-0.1, -0.05) is 6.07 Å². The molecule has 2 amide bonds. The fraction of sp³-hybridized carbons (Fsp3) is 0.353. The van der Waals surface area contributed by atoms with Crippen LogP contribution in [0.1, 0.15) is 18.4 Å². The summed E-state index contributed by atoms with van der Waals surface area (Å²) in [5, 5.41) is 6.02. The van der Waals surface area contributed by atoms with Crippen LogP contribution in [0, 0.1) is 6.92 Å². The average molecular weight is 369 g/mol. The first-order chi connectivity index (χ1) is 12.7. The summed E-state index contributed by atoms with van der Waals surface area (Å²) >= 11 is 1.15. The van der Waals surface area contributed by atoms with E-state index in [0.717, 1.165) is 59.2 Å². The highest BCUT2D eigenvalue weighted by molar-refractivity contribution is 7.00. The molecule has 0 radical (unpaired) electrons. The number of nitrogens with zero attached hydrogens (tertiary/aromatic N) is 5. The Balaban J connectivity index is 1.43. The molecule has 1 fully saturated rings. The van der Waals surface area contributed by atoms with Crippen molar-refractivity contribution in [3.05, 3.63) is 36.3 Å². The monoisotopic (exact) mass is 369 g/mol. The summed E-state index contributed by atoms with van der Waals surface area (Å²) < 4.78 is 8.52. The molecule has 3 aromatic rings. The largest absolute Gasteiger partial charge is 0.353 e. The maximum absolute atomic E-state index is 12.5. The van der Waals surface area contributed by atoms with E-state index < -0.39 is 0 Å². The van der Waals surface area contributed by atoms with Gasteiger partial charge in [0, 0.05) is 31.5 Å². The molecule has 8 nitrogen and oxygen atoms in total. The maximum atomic E-state index is 12.5. The molecule has 1 aliphatic heterocycles. The number of amides is 2. The van der Waals surface area contributed by atoms with E-state index in [1.54, 1.807) is 18.6 Å². The minimum Gasteiger partial charge on any atom is -0.353 e. The van der Waals surface area contributed by atoms with Gasteiger partial charge in [0.2, 0.25) is 0 Å². The highest BCUT2D eigenvalue weighted by Crippen LogP contribution is 2.25. The van der Waals surface area contributed by atoms with E-state index in [1.165, 1.54) is 0 Å². The van der Waals surface area contributed by atoms with E-state index in [0.29, 0.717) is 6.54 Å². The number of aromatic nitrogens is 4.